The van der Waals surface area contributed by atoms with Crippen molar-refractivity contribution in [2.75, 3.05) is 0 Å². The minimum Gasteiger partial charge on any atom is -0.364 e. The lowest BCUT2D eigenvalue weighted by atomic mass is 10.0. The van der Waals surface area contributed by atoms with E-state index in [0.29, 0.717) is 16.8 Å². The van der Waals surface area contributed by atoms with Gasteiger partial charge in [-0.3, -0.25) is 14.3 Å². The Kier molecular flexibility index (Phi) is 3.88. The van der Waals surface area contributed by atoms with E-state index < -0.39 is 17.2 Å². The van der Waals surface area contributed by atoms with Gasteiger partial charge in [0.25, 0.3) is 5.91 Å². The van der Waals surface area contributed by atoms with Crippen LogP contribution >= 0.6 is 0 Å². The minimum absolute atomic E-state index is 0.0529. The summed E-state index contributed by atoms with van der Waals surface area (Å²) < 4.78 is 14.6. The first-order valence-electron chi connectivity index (χ1n) is 6.52. The van der Waals surface area contributed by atoms with Gasteiger partial charge in [0.15, 0.2) is 5.69 Å². The Balaban J connectivity index is 2.83. The van der Waals surface area contributed by atoms with Crippen LogP contribution in [0.1, 0.15) is 36.1 Å². The predicted molar refractivity (Wildman–Crippen MR) is 77.5 cm³/mol. The van der Waals surface area contributed by atoms with Crippen LogP contribution in [-0.4, -0.2) is 15.7 Å². The maximum absolute atomic E-state index is 13.0. The second-order valence-electron chi connectivity index (χ2n) is 5.05. The van der Waals surface area contributed by atoms with Gasteiger partial charge < -0.3 is 5.73 Å². The average Bonchev–Trinajstić information content (AvgIpc) is 2.40. The van der Waals surface area contributed by atoms with E-state index in [0.717, 1.165) is 0 Å². The fourth-order valence-electron chi connectivity index (χ4n) is 2.25. The van der Waals surface area contributed by atoms with E-state index >= 15 is 0 Å². The largest absolute Gasteiger partial charge is 0.364 e. The highest BCUT2D eigenvalue weighted by Gasteiger charge is 2.20. The summed E-state index contributed by atoms with van der Waals surface area (Å²) in [6, 6.07) is 5.46. The Morgan fingerprint density at radius 1 is 1.29 bits per heavy atom. The van der Waals surface area contributed by atoms with E-state index in [9.17, 15) is 14.0 Å². The molecule has 1 amide bonds. The van der Waals surface area contributed by atoms with Gasteiger partial charge in [-0.15, -0.1) is 0 Å². The molecule has 0 saturated heterocycles. The third-order valence-corrected chi connectivity index (χ3v) is 3.21. The summed E-state index contributed by atoms with van der Waals surface area (Å²) >= 11 is 0. The molecule has 0 spiro atoms. The number of hydrogen-bond donors (Lipinski definition) is 1. The van der Waals surface area contributed by atoms with Gasteiger partial charge in [0.2, 0.25) is 5.43 Å². The van der Waals surface area contributed by atoms with E-state index in [-0.39, 0.29) is 11.7 Å². The van der Waals surface area contributed by atoms with E-state index in [1.165, 1.54) is 24.3 Å². The highest BCUT2D eigenvalue weighted by molar-refractivity contribution is 5.92. The maximum Gasteiger partial charge on any atom is 0.273 e. The van der Waals surface area contributed by atoms with Crippen LogP contribution in [0.2, 0.25) is 0 Å². The molecule has 0 aliphatic carbocycles. The maximum atomic E-state index is 13.0. The molecule has 6 heteroatoms. The molecule has 0 radical (unpaired) electrons. The summed E-state index contributed by atoms with van der Waals surface area (Å²) in [6.45, 7) is 5.49. The average molecular weight is 289 g/mol. The molecule has 0 aliphatic rings. The zero-order valence-electron chi connectivity index (χ0n) is 12.1. The van der Waals surface area contributed by atoms with E-state index in [2.05, 4.69) is 5.10 Å². The molecule has 1 heterocycles. The number of rotatable bonds is 3. The molecule has 21 heavy (non-hydrogen) atoms. The van der Waals surface area contributed by atoms with Crippen LogP contribution in [0.15, 0.2) is 29.1 Å². The van der Waals surface area contributed by atoms with Gasteiger partial charge in [-0.1, -0.05) is 12.1 Å². The van der Waals surface area contributed by atoms with E-state index in [1.807, 2.05) is 13.8 Å². The molecule has 0 fully saturated rings. The van der Waals surface area contributed by atoms with Crippen molar-refractivity contribution in [1.29, 1.82) is 0 Å². The quantitative estimate of drug-likeness (QED) is 0.939. The van der Waals surface area contributed by atoms with Crippen molar-refractivity contribution in [3.8, 4) is 11.1 Å². The van der Waals surface area contributed by atoms with Crippen LogP contribution in [-0.2, 0) is 0 Å². The Bertz CT molecular complexity index is 749. The lowest BCUT2D eigenvalue weighted by molar-refractivity contribution is 0.0992. The molecule has 5 nitrogen and oxygen atoms in total. The standard InChI is InChI=1S/C15H16FN3O2/c1-8(2)19-9(3)12(10-4-6-11(16)7-5-10)14(20)13(18-19)15(17)21/h4-8H,1-3H3,(H2,17,21). The normalized spacial score (nSPS) is 10.9. The zero-order chi connectivity index (χ0) is 15.7. The smallest absolute Gasteiger partial charge is 0.273 e. The number of amides is 1. The molecule has 2 aromatic rings. The first-order chi connectivity index (χ1) is 9.82. The summed E-state index contributed by atoms with van der Waals surface area (Å²) in [5.41, 5.74) is 5.82. The molecule has 2 rings (SSSR count). The third kappa shape index (κ3) is 2.69. The Morgan fingerprint density at radius 2 is 1.86 bits per heavy atom. The van der Waals surface area contributed by atoms with Crippen LogP contribution in [0.25, 0.3) is 11.1 Å². The number of nitrogens with two attached hydrogens (primary N) is 1. The summed E-state index contributed by atoms with van der Waals surface area (Å²) in [7, 11) is 0. The number of benzene rings is 1. The van der Waals surface area contributed by atoms with Crippen LogP contribution in [0.5, 0.6) is 0 Å². The third-order valence-electron chi connectivity index (χ3n) is 3.21. The fraction of sp³-hybridized carbons (Fsp3) is 0.267. The second-order valence-corrected chi connectivity index (χ2v) is 5.05. The molecular formula is C15H16FN3O2. The molecule has 110 valence electrons. The van der Waals surface area contributed by atoms with Crippen molar-refractivity contribution in [2.45, 2.75) is 26.8 Å². The summed E-state index contributed by atoms with van der Waals surface area (Å²) in [5.74, 6) is -1.28. The van der Waals surface area contributed by atoms with Gasteiger partial charge in [-0.25, -0.2) is 4.39 Å². The van der Waals surface area contributed by atoms with E-state index in [4.69, 9.17) is 5.73 Å². The number of carbonyl (C=O) groups excluding carboxylic acids is 1. The lowest BCUT2D eigenvalue weighted by Gasteiger charge is -2.17. The molecule has 0 unspecified atom stereocenters. The molecule has 1 aromatic carbocycles. The zero-order valence-corrected chi connectivity index (χ0v) is 12.1. The Morgan fingerprint density at radius 3 is 2.33 bits per heavy atom. The molecular weight excluding hydrogens is 273 g/mol. The van der Waals surface area contributed by atoms with Gasteiger partial charge in [-0.05, 0) is 38.5 Å². The van der Waals surface area contributed by atoms with Gasteiger partial charge in [-0.2, -0.15) is 5.10 Å². The lowest BCUT2D eigenvalue weighted by Crippen LogP contribution is -2.30. The van der Waals surface area contributed by atoms with Crippen LogP contribution in [0.3, 0.4) is 0 Å². The van der Waals surface area contributed by atoms with Crippen molar-refractivity contribution >= 4 is 5.91 Å². The molecule has 2 N–H and O–H groups in total. The molecule has 0 bridgehead atoms. The number of halogens is 1. The van der Waals surface area contributed by atoms with Crippen molar-refractivity contribution in [2.24, 2.45) is 5.73 Å². The summed E-state index contributed by atoms with van der Waals surface area (Å²) in [4.78, 5) is 23.9. The first kappa shape index (κ1) is 14.9. The number of aromatic nitrogens is 2. The molecule has 0 saturated carbocycles. The Hall–Kier alpha value is -2.50. The number of hydrogen-bond acceptors (Lipinski definition) is 3. The SMILES string of the molecule is Cc1c(-c2ccc(F)cc2)c(=O)c(C(N)=O)nn1C(C)C. The summed E-state index contributed by atoms with van der Waals surface area (Å²) in [6.07, 6.45) is 0. The number of nitrogens with zero attached hydrogens (tertiary/aromatic N) is 2. The minimum atomic E-state index is -0.877. The van der Waals surface area contributed by atoms with Gasteiger partial charge in [0.05, 0.1) is 5.56 Å². The van der Waals surface area contributed by atoms with Crippen molar-refractivity contribution in [3.63, 3.8) is 0 Å². The van der Waals surface area contributed by atoms with E-state index in [1.54, 1.807) is 11.6 Å². The highest BCUT2D eigenvalue weighted by atomic mass is 19.1. The van der Waals surface area contributed by atoms with Gasteiger partial charge in [0, 0.05) is 11.7 Å². The highest BCUT2D eigenvalue weighted by Crippen LogP contribution is 2.21. The molecule has 0 atom stereocenters. The van der Waals surface area contributed by atoms with Crippen LogP contribution < -0.4 is 11.2 Å². The van der Waals surface area contributed by atoms with Crippen molar-refractivity contribution < 1.29 is 9.18 Å². The van der Waals surface area contributed by atoms with Gasteiger partial charge >= 0.3 is 0 Å². The summed E-state index contributed by atoms with van der Waals surface area (Å²) in [5, 5.41) is 4.03. The second kappa shape index (κ2) is 5.47. The predicted octanol–water partition coefficient (Wildman–Crippen LogP) is 2.04. The monoisotopic (exact) mass is 289 g/mol. The van der Waals surface area contributed by atoms with Crippen molar-refractivity contribution in [1.82, 2.24) is 9.78 Å². The number of primary amides is 1. The van der Waals surface area contributed by atoms with Gasteiger partial charge in [0.1, 0.15) is 5.82 Å². The Labute approximate surface area is 121 Å². The molecule has 0 aliphatic heterocycles. The van der Waals surface area contributed by atoms with Crippen molar-refractivity contribution in [3.05, 3.63) is 51.7 Å². The van der Waals surface area contributed by atoms with Crippen LogP contribution in [0.4, 0.5) is 4.39 Å². The molecule has 1 aromatic heterocycles. The van der Waals surface area contributed by atoms with Crippen LogP contribution in [0, 0.1) is 12.7 Å². The topological polar surface area (TPSA) is 78.0 Å². The first-order valence-corrected chi connectivity index (χ1v) is 6.52. The number of carbonyl (C=O) groups is 1. The fourth-order valence-corrected chi connectivity index (χ4v) is 2.25.